The number of anilines is 1. The SMILES string of the molecule is CN(C)CCN(C(=O)C(=O)Nc1ccccc1F)C1CCS(=O)(=O)C1. The quantitative estimate of drug-likeness (QED) is 0.755. The van der Waals surface area contributed by atoms with Crippen molar-refractivity contribution in [1.29, 1.82) is 0 Å². The van der Waals surface area contributed by atoms with Crippen LogP contribution >= 0.6 is 0 Å². The summed E-state index contributed by atoms with van der Waals surface area (Å²) in [6.45, 7) is 0.700. The van der Waals surface area contributed by atoms with E-state index in [0.717, 1.165) is 0 Å². The normalized spacial score (nSPS) is 19.0. The summed E-state index contributed by atoms with van der Waals surface area (Å²) >= 11 is 0. The molecule has 1 unspecified atom stereocenters. The highest BCUT2D eigenvalue weighted by Crippen LogP contribution is 2.19. The fourth-order valence-electron chi connectivity index (χ4n) is 2.65. The highest BCUT2D eigenvalue weighted by molar-refractivity contribution is 7.91. The maximum absolute atomic E-state index is 13.6. The average Bonchev–Trinajstić information content (AvgIpc) is 2.89. The molecule has 1 atom stereocenters. The van der Waals surface area contributed by atoms with Gasteiger partial charge in [0.05, 0.1) is 17.2 Å². The average molecular weight is 371 g/mol. The van der Waals surface area contributed by atoms with Crippen LogP contribution in [0.1, 0.15) is 6.42 Å². The van der Waals surface area contributed by atoms with Gasteiger partial charge >= 0.3 is 11.8 Å². The van der Waals surface area contributed by atoms with Crippen LogP contribution in [0.15, 0.2) is 24.3 Å². The summed E-state index contributed by atoms with van der Waals surface area (Å²) < 4.78 is 37.1. The van der Waals surface area contributed by atoms with Crippen molar-refractivity contribution in [3.8, 4) is 0 Å². The van der Waals surface area contributed by atoms with Gasteiger partial charge in [0.2, 0.25) is 0 Å². The molecule has 0 spiro atoms. The molecule has 1 aromatic carbocycles. The molecule has 0 aromatic heterocycles. The number of rotatable bonds is 5. The molecule has 138 valence electrons. The van der Waals surface area contributed by atoms with Gasteiger partial charge in [-0.3, -0.25) is 9.59 Å². The van der Waals surface area contributed by atoms with Gasteiger partial charge in [-0.05, 0) is 32.6 Å². The number of carbonyl (C=O) groups is 2. The zero-order chi connectivity index (χ0) is 18.6. The van der Waals surface area contributed by atoms with Crippen LogP contribution in [0.25, 0.3) is 0 Å². The number of likely N-dealkylation sites (N-methyl/N-ethyl adjacent to an activating group) is 1. The van der Waals surface area contributed by atoms with Gasteiger partial charge in [0.25, 0.3) is 0 Å². The second-order valence-electron chi connectivity index (χ2n) is 6.29. The summed E-state index contributed by atoms with van der Waals surface area (Å²) in [7, 11) is 0.423. The van der Waals surface area contributed by atoms with Crippen LogP contribution in [0.5, 0.6) is 0 Å². The van der Waals surface area contributed by atoms with Gasteiger partial charge in [0, 0.05) is 19.1 Å². The molecule has 1 aromatic rings. The summed E-state index contributed by atoms with van der Waals surface area (Å²) in [5.74, 6) is -2.63. The number of carbonyl (C=O) groups excluding carboxylic acids is 2. The van der Waals surface area contributed by atoms with E-state index in [-0.39, 0.29) is 23.7 Å². The monoisotopic (exact) mass is 371 g/mol. The molecule has 9 heteroatoms. The molecule has 1 aliphatic rings. The predicted octanol–water partition coefficient (Wildman–Crippen LogP) is 0.342. The third-order valence-corrected chi connectivity index (χ3v) is 5.76. The van der Waals surface area contributed by atoms with E-state index in [1.807, 2.05) is 19.0 Å². The molecule has 2 amide bonds. The minimum absolute atomic E-state index is 0.00164. The van der Waals surface area contributed by atoms with Crippen molar-refractivity contribution in [1.82, 2.24) is 9.80 Å². The van der Waals surface area contributed by atoms with Crippen molar-refractivity contribution in [3.63, 3.8) is 0 Å². The van der Waals surface area contributed by atoms with Crippen LogP contribution in [0.3, 0.4) is 0 Å². The van der Waals surface area contributed by atoms with Crippen molar-refractivity contribution < 1.29 is 22.4 Å². The van der Waals surface area contributed by atoms with Crippen LogP contribution in [0.2, 0.25) is 0 Å². The maximum Gasteiger partial charge on any atom is 0.313 e. The number of halogens is 1. The van der Waals surface area contributed by atoms with Gasteiger partial charge in [-0.25, -0.2) is 12.8 Å². The molecule has 0 bridgehead atoms. The van der Waals surface area contributed by atoms with E-state index in [9.17, 15) is 22.4 Å². The van der Waals surface area contributed by atoms with Gasteiger partial charge < -0.3 is 15.1 Å². The minimum Gasteiger partial charge on any atom is -0.329 e. The van der Waals surface area contributed by atoms with Gasteiger partial charge in [-0.15, -0.1) is 0 Å². The number of amides is 2. The molecule has 7 nitrogen and oxygen atoms in total. The van der Waals surface area contributed by atoms with Gasteiger partial charge in [-0.2, -0.15) is 0 Å². The molecule has 0 aliphatic carbocycles. The molecule has 1 fully saturated rings. The smallest absolute Gasteiger partial charge is 0.313 e. The Balaban J connectivity index is 2.13. The Kier molecular flexibility index (Phi) is 6.12. The third kappa shape index (κ3) is 5.23. The molecule has 1 heterocycles. The number of sulfone groups is 1. The molecular formula is C16H22FN3O4S. The first kappa shape index (κ1) is 19.3. The first-order valence-corrected chi connectivity index (χ1v) is 9.73. The number of para-hydroxylation sites is 1. The number of nitrogens with one attached hydrogen (secondary N) is 1. The van der Waals surface area contributed by atoms with Crippen molar-refractivity contribution >= 4 is 27.3 Å². The molecule has 25 heavy (non-hydrogen) atoms. The highest BCUT2D eigenvalue weighted by atomic mass is 32.2. The lowest BCUT2D eigenvalue weighted by Gasteiger charge is -2.28. The van der Waals surface area contributed by atoms with E-state index in [1.165, 1.54) is 29.2 Å². The van der Waals surface area contributed by atoms with Crippen molar-refractivity contribution in [2.24, 2.45) is 0 Å². The molecule has 1 saturated heterocycles. The first-order chi connectivity index (χ1) is 11.7. The van der Waals surface area contributed by atoms with Gasteiger partial charge in [0.15, 0.2) is 9.84 Å². The largest absolute Gasteiger partial charge is 0.329 e. The Labute approximate surface area is 146 Å². The molecule has 0 saturated carbocycles. The standard InChI is InChI=1S/C16H22FN3O4S/c1-19(2)8-9-20(12-7-10-25(23,24)11-12)16(22)15(21)18-14-6-4-3-5-13(14)17/h3-6,12H,7-11H2,1-2H3,(H,18,21). The number of nitrogens with zero attached hydrogens (tertiary/aromatic N) is 2. The maximum atomic E-state index is 13.6. The second kappa shape index (κ2) is 7.92. The lowest BCUT2D eigenvalue weighted by molar-refractivity contribution is -0.144. The fraction of sp³-hybridized carbons (Fsp3) is 0.500. The second-order valence-corrected chi connectivity index (χ2v) is 8.52. The molecule has 1 N–H and O–H groups in total. The van der Waals surface area contributed by atoms with Crippen LogP contribution in [-0.4, -0.2) is 74.8 Å². The van der Waals surface area contributed by atoms with E-state index in [2.05, 4.69) is 5.32 Å². The fourth-order valence-corrected chi connectivity index (χ4v) is 4.38. The van der Waals surface area contributed by atoms with Gasteiger partial charge in [-0.1, -0.05) is 12.1 Å². The number of hydrogen-bond acceptors (Lipinski definition) is 5. The van der Waals surface area contributed by atoms with Crippen LogP contribution in [-0.2, 0) is 19.4 Å². The molecule has 2 rings (SSSR count). The van der Waals surface area contributed by atoms with Crippen molar-refractivity contribution in [3.05, 3.63) is 30.1 Å². The van der Waals surface area contributed by atoms with Crippen molar-refractivity contribution in [2.45, 2.75) is 12.5 Å². The van der Waals surface area contributed by atoms with E-state index in [4.69, 9.17) is 0 Å². The van der Waals surface area contributed by atoms with Crippen LogP contribution < -0.4 is 5.32 Å². The summed E-state index contributed by atoms with van der Waals surface area (Å²) in [5, 5.41) is 2.25. The molecular weight excluding hydrogens is 349 g/mol. The zero-order valence-corrected chi connectivity index (χ0v) is 15.1. The van der Waals surface area contributed by atoms with E-state index in [0.29, 0.717) is 13.0 Å². The predicted molar refractivity (Wildman–Crippen MR) is 92.4 cm³/mol. The molecule has 1 aliphatic heterocycles. The van der Waals surface area contributed by atoms with E-state index >= 15 is 0 Å². The summed E-state index contributed by atoms with van der Waals surface area (Å²) in [5.41, 5.74) is -0.0903. The first-order valence-electron chi connectivity index (χ1n) is 7.91. The Hall–Kier alpha value is -2.00. The summed E-state index contributed by atoms with van der Waals surface area (Å²) in [6, 6.07) is 5.00. The van der Waals surface area contributed by atoms with E-state index in [1.54, 1.807) is 0 Å². The highest BCUT2D eigenvalue weighted by Gasteiger charge is 2.36. The lowest BCUT2D eigenvalue weighted by Crippen LogP contribution is -2.49. The Morgan fingerprint density at radius 1 is 1.24 bits per heavy atom. The van der Waals surface area contributed by atoms with E-state index < -0.39 is 33.5 Å². The Bertz CT molecular complexity index is 752. The Morgan fingerprint density at radius 3 is 2.48 bits per heavy atom. The van der Waals surface area contributed by atoms with Gasteiger partial charge in [0.1, 0.15) is 5.82 Å². The zero-order valence-electron chi connectivity index (χ0n) is 14.2. The molecule has 0 radical (unpaired) electrons. The summed E-state index contributed by atoms with van der Waals surface area (Å²) in [6.07, 6.45) is 0.300. The topological polar surface area (TPSA) is 86.8 Å². The Morgan fingerprint density at radius 2 is 1.92 bits per heavy atom. The minimum atomic E-state index is -3.20. The number of benzene rings is 1. The summed E-state index contributed by atoms with van der Waals surface area (Å²) in [4.78, 5) is 27.9. The van der Waals surface area contributed by atoms with Crippen molar-refractivity contribution in [2.75, 3.05) is 44.0 Å². The van der Waals surface area contributed by atoms with Crippen LogP contribution in [0.4, 0.5) is 10.1 Å². The van der Waals surface area contributed by atoms with Crippen LogP contribution in [0, 0.1) is 5.82 Å². The number of hydrogen-bond donors (Lipinski definition) is 1. The lowest BCUT2D eigenvalue weighted by atomic mass is 10.2. The third-order valence-electron chi connectivity index (χ3n) is 4.01.